The van der Waals surface area contributed by atoms with Gasteiger partial charge in [-0.05, 0) is 32.4 Å². The molecule has 0 saturated carbocycles. The Morgan fingerprint density at radius 1 is 1.29 bits per heavy atom. The van der Waals surface area contributed by atoms with Gasteiger partial charge in [0, 0.05) is 37.1 Å². The Morgan fingerprint density at radius 3 is 2.96 bits per heavy atom. The van der Waals surface area contributed by atoms with E-state index < -0.39 is 0 Å². The SMILES string of the molecule is Cc1cc(-c2nccn2C)nc([C@@H]2CCCN2Cc2cscn2)n1. The average Bonchev–Trinajstić information content (AvgIpc) is 3.29. The number of imidazole rings is 1. The molecule has 0 radical (unpaired) electrons. The first-order chi connectivity index (χ1) is 11.7. The summed E-state index contributed by atoms with van der Waals surface area (Å²) in [4.78, 5) is 20.9. The van der Waals surface area contributed by atoms with E-state index in [1.807, 2.05) is 36.3 Å². The molecule has 7 heteroatoms. The van der Waals surface area contributed by atoms with E-state index in [4.69, 9.17) is 9.97 Å². The molecule has 0 aliphatic carbocycles. The maximum atomic E-state index is 4.84. The summed E-state index contributed by atoms with van der Waals surface area (Å²) < 4.78 is 1.99. The van der Waals surface area contributed by atoms with Gasteiger partial charge in [-0.25, -0.2) is 19.9 Å². The van der Waals surface area contributed by atoms with Crippen LogP contribution in [0.2, 0.25) is 0 Å². The number of likely N-dealkylation sites (tertiary alicyclic amines) is 1. The molecule has 0 amide bonds. The van der Waals surface area contributed by atoms with Crippen molar-refractivity contribution in [2.24, 2.45) is 7.05 Å². The third-order valence-electron chi connectivity index (χ3n) is 4.43. The van der Waals surface area contributed by atoms with Gasteiger partial charge in [0.15, 0.2) is 5.82 Å². The quantitative estimate of drug-likeness (QED) is 0.731. The van der Waals surface area contributed by atoms with E-state index in [2.05, 4.69) is 20.2 Å². The van der Waals surface area contributed by atoms with Crippen molar-refractivity contribution in [2.45, 2.75) is 32.4 Å². The lowest BCUT2D eigenvalue weighted by Crippen LogP contribution is -2.24. The van der Waals surface area contributed by atoms with Gasteiger partial charge >= 0.3 is 0 Å². The fraction of sp³-hybridized carbons (Fsp3) is 0.412. The van der Waals surface area contributed by atoms with Crippen LogP contribution in [0.3, 0.4) is 0 Å². The molecule has 3 aromatic rings. The minimum Gasteiger partial charge on any atom is -0.333 e. The zero-order valence-electron chi connectivity index (χ0n) is 13.9. The predicted octanol–water partition coefficient (Wildman–Crippen LogP) is 2.98. The highest BCUT2D eigenvalue weighted by molar-refractivity contribution is 7.07. The molecule has 124 valence electrons. The van der Waals surface area contributed by atoms with Crippen LogP contribution in [-0.2, 0) is 13.6 Å². The fourth-order valence-electron chi connectivity index (χ4n) is 3.30. The Labute approximate surface area is 145 Å². The Hall–Kier alpha value is -2.12. The maximum Gasteiger partial charge on any atom is 0.158 e. The van der Waals surface area contributed by atoms with Crippen molar-refractivity contribution >= 4 is 11.3 Å². The minimum absolute atomic E-state index is 0.255. The maximum absolute atomic E-state index is 4.84. The van der Waals surface area contributed by atoms with Crippen LogP contribution in [0.15, 0.2) is 29.4 Å². The standard InChI is InChI=1S/C17H20N6S/c1-12-8-14(17-18-5-7-22(17)2)21-16(20-12)15-4-3-6-23(15)9-13-10-24-11-19-13/h5,7-8,10-11,15H,3-4,6,9H2,1-2H3/t15-/m0/s1. The molecule has 1 aliphatic heterocycles. The molecule has 1 fully saturated rings. The summed E-state index contributed by atoms with van der Waals surface area (Å²) in [6.07, 6.45) is 6.00. The topological polar surface area (TPSA) is 59.7 Å². The van der Waals surface area contributed by atoms with Gasteiger partial charge < -0.3 is 4.57 Å². The zero-order chi connectivity index (χ0) is 16.5. The number of hydrogen-bond acceptors (Lipinski definition) is 6. The Morgan fingerprint density at radius 2 is 2.21 bits per heavy atom. The second-order valence-corrected chi connectivity index (χ2v) is 6.94. The third kappa shape index (κ3) is 2.97. The van der Waals surface area contributed by atoms with Crippen molar-refractivity contribution in [3.05, 3.63) is 46.6 Å². The fourth-order valence-corrected chi connectivity index (χ4v) is 3.85. The largest absolute Gasteiger partial charge is 0.333 e. The van der Waals surface area contributed by atoms with Gasteiger partial charge in [-0.2, -0.15) is 0 Å². The highest BCUT2D eigenvalue weighted by Crippen LogP contribution is 2.32. The van der Waals surface area contributed by atoms with Gasteiger partial charge in [0.05, 0.1) is 17.2 Å². The van der Waals surface area contributed by atoms with E-state index in [1.165, 1.54) is 6.42 Å². The van der Waals surface area contributed by atoms with Crippen LogP contribution < -0.4 is 0 Å². The molecule has 4 rings (SSSR count). The zero-order valence-corrected chi connectivity index (χ0v) is 14.7. The highest BCUT2D eigenvalue weighted by Gasteiger charge is 2.29. The van der Waals surface area contributed by atoms with Crippen LogP contribution in [0.25, 0.3) is 11.5 Å². The van der Waals surface area contributed by atoms with Gasteiger partial charge in [0.1, 0.15) is 11.5 Å². The summed E-state index contributed by atoms with van der Waals surface area (Å²) in [5.41, 5.74) is 4.90. The first kappa shape index (κ1) is 15.4. The van der Waals surface area contributed by atoms with Gasteiger partial charge in [0.2, 0.25) is 0 Å². The molecular weight excluding hydrogens is 320 g/mol. The number of thiazole rings is 1. The van der Waals surface area contributed by atoms with E-state index in [1.54, 1.807) is 17.5 Å². The molecular formula is C17H20N6S. The Kier molecular flexibility index (Phi) is 4.12. The molecule has 0 spiro atoms. The molecule has 1 aliphatic rings. The number of nitrogens with zero attached hydrogens (tertiary/aromatic N) is 6. The van der Waals surface area contributed by atoms with Crippen LogP contribution in [0, 0.1) is 6.92 Å². The predicted molar refractivity (Wildman–Crippen MR) is 93.5 cm³/mol. The van der Waals surface area contributed by atoms with Crippen molar-refractivity contribution in [3.8, 4) is 11.5 Å². The van der Waals surface area contributed by atoms with Crippen LogP contribution in [0.5, 0.6) is 0 Å². The van der Waals surface area contributed by atoms with Crippen LogP contribution >= 0.6 is 11.3 Å². The minimum atomic E-state index is 0.255. The number of rotatable bonds is 4. The van der Waals surface area contributed by atoms with Crippen molar-refractivity contribution in [1.29, 1.82) is 0 Å². The summed E-state index contributed by atoms with van der Waals surface area (Å²) >= 11 is 1.64. The molecule has 0 bridgehead atoms. The van der Waals surface area contributed by atoms with E-state index in [0.29, 0.717) is 0 Å². The molecule has 0 N–H and O–H groups in total. The second-order valence-electron chi connectivity index (χ2n) is 6.22. The molecule has 1 atom stereocenters. The summed E-state index contributed by atoms with van der Waals surface area (Å²) in [5.74, 6) is 1.78. The van der Waals surface area contributed by atoms with Gasteiger partial charge in [0.25, 0.3) is 0 Å². The number of aryl methyl sites for hydroxylation is 2. The third-order valence-corrected chi connectivity index (χ3v) is 5.07. The molecule has 1 saturated heterocycles. The summed E-state index contributed by atoms with van der Waals surface area (Å²) in [6.45, 7) is 3.96. The molecule has 4 heterocycles. The molecule has 0 unspecified atom stereocenters. The van der Waals surface area contributed by atoms with Crippen LogP contribution in [-0.4, -0.2) is 35.9 Å². The van der Waals surface area contributed by atoms with E-state index in [-0.39, 0.29) is 6.04 Å². The van der Waals surface area contributed by atoms with Gasteiger partial charge in [-0.15, -0.1) is 11.3 Å². The molecule has 3 aromatic heterocycles. The first-order valence-electron chi connectivity index (χ1n) is 8.15. The Bertz CT molecular complexity index is 825. The lowest BCUT2D eigenvalue weighted by molar-refractivity contribution is 0.237. The van der Waals surface area contributed by atoms with Crippen LogP contribution in [0.1, 0.15) is 36.1 Å². The average molecular weight is 340 g/mol. The number of hydrogen-bond donors (Lipinski definition) is 0. The lowest BCUT2D eigenvalue weighted by Gasteiger charge is -2.23. The summed E-state index contributed by atoms with van der Waals surface area (Å²) in [6, 6.07) is 2.26. The van der Waals surface area contributed by atoms with Crippen molar-refractivity contribution in [2.75, 3.05) is 6.54 Å². The van der Waals surface area contributed by atoms with Crippen molar-refractivity contribution < 1.29 is 0 Å². The molecule has 6 nitrogen and oxygen atoms in total. The van der Waals surface area contributed by atoms with Crippen LogP contribution in [0.4, 0.5) is 0 Å². The molecule has 24 heavy (non-hydrogen) atoms. The van der Waals surface area contributed by atoms with E-state index in [0.717, 1.165) is 48.2 Å². The first-order valence-corrected chi connectivity index (χ1v) is 9.09. The summed E-state index contributed by atoms with van der Waals surface area (Å²) in [5, 5.41) is 2.12. The van der Waals surface area contributed by atoms with Gasteiger partial charge in [-0.1, -0.05) is 0 Å². The van der Waals surface area contributed by atoms with E-state index in [9.17, 15) is 0 Å². The van der Waals surface area contributed by atoms with Crippen molar-refractivity contribution in [3.63, 3.8) is 0 Å². The van der Waals surface area contributed by atoms with Crippen molar-refractivity contribution in [1.82, 2.24) is 29.4 Å². The van der Waals surface area contributed by atoms with E-state index >= 15 is 0 Å². The lowest BCUT2D eigenvalue weighted by atomic mass is 10.2. The monoisotopic (exact) mass is 340 g/mol. The van der Waals surface area contributed by atoms with Gasteiger partial charge in [-0.3, -0.25) is 4.90 Å². The highest BCUT2D eigenvalue weighted by atomic mass is 32.1. The Balaban J connectivity index is 1.65. The number of aromatic nitrogens is 5. The summed E-state index contributed by atoms with van der Waals surface area (Å²) in [7, 11) is 1.99. The molecule has 0 aromatic carbocycles. The smallest absolute Gasteiger partial charge is 0.158 e. The second kappa shape index (κ2) is 6.41. The normalized spacial score (nSPS) is 18.3.